The summed E-state index contributed by atoms with van der Waals surface area (Å²) in [7, 11) is 1.92. The molecule has 1 unspecified atom stereocenters. The Labute approximate surface area is 120 Å². The quantitative estimate of drug-likeness (QED) is 0.828. The van der Waals surface area contributed by atoms with Crippen LogP contribution in [0.2, 0.25) is 0 Å². The highest BCUT2D eigenvalue weighted by atomic mass is 19.3. The molecule has 1 nitrogen and oxygen atoms in total. The number of alkyl halides is 2. The van der Waals surface area contributed by atoms with Gasteiger partial charge in [-0.25, -0.2) is 8.78 Å². The third-order valence-corrected chi connectivity index (χ3v) is 4.51. The average molecular weight is 281 g/mol. The lowest BCUT2D eigenvalue weighted by Gasteiger charge is -2.34. The Morgan fingerprint density at radius 3 is 2.00 bits per heavy atom. The fourth-order valence-electron chi connectivity index (χ4n) is 3.16. The van der Waals surface area contributed by atoms with E-state index in [1.165, 1.54) is 11.1 Å². The lowest BCUT2D eigenvalue weighted by Crippen LogP contribution is -2.32. The van der Waals surface area contributed by atoms with Crippen molar-refractivity contribution < 1.29 is 8.78 Å². The second-order valence-electron chi connectivity index (χ2n) is 6.28. The van der Waals surface area contributed by atoms with Gasteiger partial charge in [0.25, 0.3) is 0 Å². The van der Waals surface area contributed by atoms with E-state index in [0.717, 1.165) is 0 Å². The van der Waals surface area contributed by atoms with Gasteiger partial charge in [-0.05, 0) is 42.9 Å². The van der Waals surface area contributed by atoms with Gasteiger partial charge in [0, 0.05) is 18.9 Å². The third-order valence-electron chi connectivity index (χ3n) is 4.51. The molecule has 0 spiro atoms. The number of hydrogen-bond donors (Lipinski definition) is 1. The number of halogens is 2. The van der Waals surface area contributed by atoms with Crippen molar-refractivity contribution in [3.8, 4) is 0 Å². The maximum Gasteiger partial charge on any atom is 0.248 e. The molecule has 1 N–H and O–H groups in total. The maximum atomic E-state index is 13.3. The van der Waals surface area contributed by atoms with E-state index in [2.05, 4.69) is 43.4 Å². The van der Waals surface area contributed by atoms with Crippen molar-refractivity contribution in [2.75, 3.05) is 7.05 Å². The van der Waals surface area contributed by atoms with Crippen LogP contribution in [0.25, 0.3) is 0 Å². The van der Waals surface area contributed by atoms with E-state index in [-0.39, 0.29) is 18.9 Å². The minimum atomic E-state index is -2.45. The molecule has 0 saturated heterocycles. The van der Waals surface area contributed by atoms with Gasteiger partial charge < -0.3 is 5.32 Å². The van der Waals surface area contributed by atoms with Crippen molar-refractivity contribution >= 4 is 0 Å². The topological polar surface area (TPSA) is 12.0 Å². The van der Waals surface area contributed by atoms with Gasteiger partial charge in [-0.2, -0.15) is 0 Å². The lowest BCUT2D eigenvalue weighted by molar-refractivity contribution is -0.0495. The summed E-state index contributed by atoms with van der Waals surface area (Å²) in [5, 5.41) is 3.32. The first-order valence-electron chi connectivity index (χ1n) is 7.58. The summed E-state index contributed by atoms with van der Waals surface area (Å²) in [6.45, 7) is 4.35. The van der Waals surface area contributed by atoms with Crippen LogP contribution in [0.1, 0.15) is 62.6 Å². The van der Waals surface area contributed by atoms with Crippen LogP contribution < -0.4 is 5.32 Å². The predicted molar refractivity (Wildman–Crippen MR) is 79.2 cm³/mol. The van der Waals surface area contributed by atoms with Crippen molar-refractivity contribution in [2.45, 2.75) is 57.4 Å². The fourth-order valence-corrected chi connectivity index (χ4v) is 3.16. The van der Waals surface area contributed by atoms with E-state index in [1.807, 2.05) is 7.05 Å². The standard InChI is InChI=1S/C17H25F2N/c1-12(2)13-4-6-14(7-5-13)16(20-3)15-8-10-17(18,19)11-9-15/h4-7,12,15-16,20H,8-11H2,1-3H3. The summed E-state index contributed by atoms with van der Waals surface area (Å²) in [6, 6.07) is 8.78. The second kappa shape index (κ2) is 6.21. The van der Waals surface area contributed by atoms with Crippen LogP contribution in [0.5, 0.6) is 0 Å². The van der Waals surface area contributed by atoms with Gasteiger partial charge in [0.05, 0.1) is 0 Å². The molecule has 20 heavy (non-hydrogen) atoms. The Bertz CT molecular complexity index is 415. The van der Waals surface area contributed by atoms with Crippen LogP contribution in [0.3, 0.4) is 0 Å². The van der Waals surface area contributed by atoms with E-state index in [1.54, 1.807) is 0 Å². The predicted octanol–water partition coefficient (Wildman–Crippen LogP) is 4.90. The summed E-state index contributed by atoms with van der Waals surface area (Å²) in [4.78, 5) is 0. The molecule has 1 aromatic carbocycles. The highest BCUT2D eigenvalue weighted by molar-refractivity contribution is 5.27. The summed E-state index contributed by atoms with van der Waals surface area (Å²) >= 11 is 0. The highest BCUT2D eigenvalue weighted by Gasteiger charge is 2.37. The zero-order chi connectivity index (χ0) is 14.8. The van der Waals surface area contributed by atoms with Gasteiger partial charge in [-0.1, -0.05) is 38.1 Å². The van der Waals surface area contributed by atoms with Gasteiger partial charge in [0.1, 0.15) is 0 Å². The fraction of sp³-hybridized carbons (Fsp3) is 0.647. The highest BCUT2D eigenvalue weighted by Crippen LogP contribution is 2.41. The van der Waals surface area contributed by atoms with Crippen LogP contribution in [0, 0.1) is 5.92 Å². The molecule has 1 aliphatic rings. The summed E-state index contributed by atoms with van der Waals surface area (Å²) in [5.41, 5.74) is 2.53. The summed E-state index contributed by atoms with van der Waals surface area (Å²) < 4.78 is 26.5. The molecule has 3 heteroatoms. The number of rotatable bonds is 4. The molecule has 1 saturated carbocycles. The van der Waals surface area contributed by atoms with Gasteiger partial charge in [-0.3, -0.25) is 0 Å². The molecular weight excluding hydrogens is 256 g/mol. The Morgan fingerprint density at radius 2 is 1.55 bits per heavy atom. The van der Waals surface area contributed by atoms with Gasteiger partial charge in [-0.15, -0.1) is 0 Å². The zero-order valence-electron chi connectivity index (χ0n) is 12.6. The molecule has 2 rings (SSSR count). The first-order valence-corrected chi connectivity index (χ1v) is 7.58. The lowest BCUT2D eigenvalue weighted by atomic mass is 9.79. The molecule has 0 aliphatic heterocycles. The Hall–Kier alpha value is -0.960. The Kier molecular flexibility index (Phi) is 4.79. The van der Waals surface area contributed by atoms with E-state index in [0.29, 0.717) is 24.7 Å². The minimum Gasteiger partial charge on any atom is -0.313 e. The molecule has 1 aliphatic carbocycles. The molecule has 0 heterocycles. The largest absolute Gasteiger partial charge is 0.313 e. The van der Waals surface area contributed by atoms with Crippen LogP contribution >= 0.6 is 0 Å². The average Bonchev–Trinajstić information content (AvgIpc) is 2.42. The zero-order valence-corrected chi connectivity index (χ0v) is 12.6. The monoisotopic (exact) mass is 281 g/mol. The van der Waals surface area contributed by atoms with E-state index < -0.39 is 5.92 Å². The van der Waals surface area contributed by atoms with Gasteiger partial charge in [0.15, 0.2) is 0 Å². The molecule has 1 fully saturated rings. The molecular formula is C17H25F2N. The summed E-state index contributed by atoms with van der Waals surface area (Å²) in [5.74, 6) is -1.62. The van der Waals surface area contributed by atoms with Crippen LogP contribution in [-0.2, 0) is 0 Å². The van der Waals surface area contributed by atoms with E-state index >= 15 is 0 Å². The van der Waals surface area contributed by atoms with E-state index in [4.69, 9.17) is 0 Å². The molecule has 0 radical (unpaired) electrons. The molecule has 112 valence electrons. The summed E-state index contributed by atoms with van der Waals surface area (Å²) in [6.07, 6.45) is 1.26. The Morgan fingerprint density at radius 1 is 1.05 bits per heavy atom. The normalized spacial score (nSPS) is 21.1. The van der Waals surface area contributed by atoms with Crippen molar-refractivity contribution in [2.24, 2.45) is 5.92 Å². The van der Waals surface area contributed by atoms with E-state index in [9.17, 15) is 8.78 Å². The van der Waals surface area contributed by atoms with Crippen molar-refractivity contribution in [1.82, 2.24) is 5.32 Å². The second-order valence-corrected chi connectivity index (χ2v) is 6.28. The van der Waals surface area contributed by atoms with Crippen LogP contribution in [0.4, 0.5) is 8.78 Å². The third kappa shape index (κ3) is 3.57. The molecule has 1 atom stereocenters. The van der Waals surface area contributed by atoms with Crippen molar-refractivity contribution in [1.29, 1.82) is 0 Å². The molecule has 0 amide bonds. The molecule has 0 bridgehead atoms. The number of nitrogens with one attached hydrogen (secondary N) is 1. The molecule has 1 aromatic rings. The first kappa shape index (κ1) is 15.4. The van der Waals surface area contributed by atoms with Gasteiger partial charge in [0.2, 0.25) is 5.92 Å². The first-order chi connectivity index (χ1) is 9.43. The minimum absolute atomic E-state index is 0.0277. The van der Waals surface area contributed by atoms with Gasteiger partial charge >= 0.3 is 0 Å². The number of benzene rings is 1. The van der Waals surface area contributed by atoms with Crippen LogP contribution in [0.15, 0.2) is 24.3 Å². The Balaban J connectivity index is 2.08. The maximum absolute atomic E-state index is 13.3. The van der Waals surface area contributed by atoms with Crippen molar-refractivity contribution in [3.63, 3.8) is 0 Å². The SMILES string of the molecule is CNC(c1ccc(C(C)C)cc1)C1CCC(F)(F)CC1. The van der Waals surface area contributed by atoms with Crippen molar-refractivity contribution in [3.05, 3.63) is 35.4 Å². The smallest absolute Gasteiger partial charge is 0.248 e. The molecule has 0 aromatic heterocycles. The number of hydrogen-bond acceptors (Lipinski definition) is 1. The van der Waals surface area contributed by atoms with Crippen LogP contribution in [-0.4, -0.2) is 13.0 Å².